The number of amides is 1. The van der Waals surface area contributed by atoms with Gasteiger partial charge in [-0.1, -0.05) is 6.58 Å². The Balaban J connectivity index is 2.51. The molecule has 1 atom stereocenters. The van der Waals surface area contributed by atoms with Gasteiger partial charge in [0.1, 0.15) is 6.04 Å². The number of esters is 1. The fourth-order valence-electron chi connectivity index (χ4n) is 1.04. The number of carbonyl (C=O) groups is 2. The number of hydrogen-bond acceptors (Lipinski definition) is 3. The molecule has 4 heteroatoms. The molecule has 0 spiro atoms. The number of hydrogen-bond donors (Lipinski definition) is 1. The number of carbonyl (C=O) groups excluding carboxylic acids is 2. The standard InChI is InChI=1S/C8H11NO3/c1-3-12-8(11)6-4-5(2)7(10)9-6/h6H,2-4H2,1H3,(H,9,10)/t6-/m1/s1. The quantitative estimate of drug-likeness (QED) is 0.467. The van der Waals surface area contributed by atoms with E-state index in [0.29, 0.717) is 18.6 Å². The van der Waals surface area contributed by atoms with Crippen molar-refractivity contribution in [2.75, 3.05) is 6.61 Å². The van der Waals surface area contributed by atoms with E-state index in [1.54, 1.807) is 6.92 Å². The monoisotopic (exact) mass is 169 g/mol. The highest BCUT2D eigenvalue weighted by Gasteiger charge is 2.30. The maximum atomic E-state index is 11.1. The summed E-state index contributed by atoms with van der Waals surface area (Å²) in [5, 5.41) is 2.48. The van der Waals surface area contributed by atoms with Crippen LogP contribution in [0.2, 0.25) is 0 Å². The van der Waals surface area contributed by atoms with Crippen molar-refractivity contribution in [1.29, 1.82) is 0 Å². The van der Waals surface area contributed by atoms with E-state index in [1.165, 1.54) is 0 Å². The van der Waals surface area contributed by atoms with Crippen LogP contribution in [0.15, 0.2) is 12.2 Å². The second kappa shape index (κ2) is 3.38. The molecule has 0 bridgehead atoms. The van der Waals surface area contributed by atoms with E-state index in [-0.39, 0.29) is 11.9 Å². The minimum atomic E-state index is -0.523. The zero-order valence-corrected chi connectivity index (χ0v) is 6.92. The highest BCUT2D eigenvalue weighted by Crippen LogP contribution is 2.12. The van der Waals surface area contributed by atoms with Crippen molar-refractivity contribution >= 4 is 11.9 Å². The topological polar surface area (TPSA) is 55.4 Å². The molecule has 1 N–H and O–H groups in total. The van der Waals surface area contributed by atoms with Gasteiger partial charge in [0.25, 0.3) is 0 Å². The Labute approximate surface area is 70.6 Å². The first kappa shape index (κ1) is 8.77. The average Bonchev–Trinajstić information content (AvgIpc) is 2.33. The van der Waals surface area contributed by atoms with Gasteiger partial charge >= 0.3 is 5.97 Å². The molecule has 12 heavy (non-hydrogen) atoms. The Morgan fingerprint density at radius 3 is 2.92 bits per heavy atom. The molecule has 0 aromatic rings. The lowest BCUT2D eigenvalue weighted by molar-refractivity contribution is -0.145. The van der Waals surface area contributed by atoms with Crippen LogP contribution in [0.25, 0.3) is 0 Å². The van der Waals surface area contributed by atoms with Gasteiger partial charge in [0, 0.05) is 12.0 Å². The largest absolute Gasteiger partial charge is 0.464 e. The van der Waals surface area contributed by atoms with Crippen LogP contribution in [0, 0.1) is 0 Å². The van der Waals surface area contributed by atoms with Crippen LogP contribution < -0.4 is 5.32 Å². The molecule has 1 amide bonds. The van der Waals surface area contributed by atoms with Crippen molar-refractivity contribution in [2.24, 2.45) is 0 Å². The maximum absolute atomic E-state index is 11.1. The molecule has 1 aliphatic heterocycles. The molecule has 0 aromatic heterocycles. The maximum Gasteiger partial charge on any atom is 0.328 e. The lowest BCUT2D eigenvalue weighted by atomic mass is 10.2. The van der Waals surface area contributed by atoms with Crippen LogP contribution >= 0.6 is 0 Å². The molecule has 0 aliphatic carbocycles. The van der Waals surface area contributed by atoms with Crippen molar-refractivity contribution in [2.45, 2.75) is 19.4 Å². The molecule has 0 aromatic carbocycles. The van der Waals surface area contributed by atoms with Crippen molar-refractivity contribution in [3.05, 3.63) is 12.2 Å². The third kappa shape index (κ3) is 1.64. The van der Waals surface area contributed by atoms with Crippen molar-refractivity contribution in [3.63, 3.8) is 0 Å². The molecule has 0 unspecified atom stereocenters. The fraction of sp³-hybridized carbons (Fsp3) is 0.500. The van der Waals surface area contributed by atoms with E-state index in [2.05, 4.69) is 11.9 Å². The number of ether oxygens (including phenoxy) is 1. The van der Waals surface area contributed by atoms with Crippen LogP contribution in [-0.2, 0) is 14.3 Å². The van der Waals surface area contributed by atoms with Crippen molar-refractivity contribution in [1.82, 2.24) is 5.32 Å². The summed E-state index contributed by atoms with van der Waals surface area (Å²) in [6.45, 7) is 5.56. The zero-order valence-electron chi connectivity index (χ0n) is 6.92. The lowest BCUT2D eigenvalue weighted by Crippen LogP contribution is -2.34. The molecular formula is C8H11NO3. The molecular weight excluding hydrogens is 158 g/mol. The van der Waals surface area contributed by atoms with Crippen molar-refractivity contribution in [3.8, 4) is 0 Å². The van der Waals surface area contributed by atoms with E-state index in [1.807, 2.05) is 0 Å². The third-order valence-electron chi connectivity index (χ3n) is 1.65. The molecule has 1 fully saturated rings. The fourth-order valence-corrected chi connectivity index (χ4v) is 1.04. The summed E-state index contributed by atoms with van der Waals surface area (Å²) >= 11 is 0. The van der Waals surface area contributed by atoms with Gasteiger partial charge in [-0.2, -0.15) is 0 Å². The summed E-state index contributed by atoms with van der Waals surface area (Å²) in [4.78, 5) is 21.9. The van der Waals surface area contributed by atoms with Gasteiger partial charge in [-0.3, -0.25) is 4.79 Å². The first-order valence-corrected chi connectivity index (χ1v) is 3.80. The summed E-state index contributed by atoms with van der Waals surface area (Å²) in [5.74, 6) is -0.641. The van der Waals surface area contributed by atoms with E-state index < -0.39 is 6.04 Å². The molecule has 4 nitrogen and oxygen atoms in total. The Bertz CT molecular complexity index is 218. The molecule has 1 heterocycles. The predicted molar refractivity (Wildman–Crippen MR) is 42.3 cm³/mol. The van der Waals surface area contributed by atoms with E-state index in [9.17, 15) is 9.59 Å². The predicted octanol–water partition coefficient (Wildman–Crippen LogP) is -0.00580. The molecule has 1 saturated heterocycles. The van der Waals surface area contributed by atoms with Crippen LogP contribution in [0.4, 0.5) is 0 Å². The molecule has 1 rings (SSSR count). The van der Waals surface area contributed by atoms with Crippen LogP contribution in [0.3, 0.4) is 0 Å². The average molecular weight is 169 g/mol. The summed E-state index contributed by atoms with van der Waals surface area (Å²) in [6.07, 6.45) is 0.359. The first-order chi connectivity index (χ1) is 5.65. The Kier molecular flexibility index (Phi) is 2.47. The Hall–Kier alpha value is -1.32. The van der Waals surface area contributed by atoms with Crippen LogP contribution in [0.5, 0.6) is 0 Å². The van der Waals surface area contributed by atoms with Crippen molar-refractivity contribution < 1.29 is 14.3 Å². The summed E-state index contributed by atoms with van der Waals surface area (Å²) < 4.78 is 4.73. The smallest absolute Gasteiger partial charge is 0.328 e. The summed E-state index contributed by atoms with van der Waals surface area (Å²) in [5.41, 5.74) is 0.438. The van der Waals surface area contributed by atoms with Crippen LogP contribution in [-0.4, -0.2) is 24.5 Å². The minimum Gasteiger partial charge on any atom is -0.464 e. The normalized spacial score (nSPS) is 22.2. The Morgan fingerprint density at radius 1 is 1.83 bits per heavy atom. The molecule has 66 valence electrons. The third-order valence-corrected chi connectivity index (χ3v) is 1.65. The zero-order chi connectivity index (χ0) is 9.14. The van der Waals surface area contributed by atoms with Crippen LogP contribution in [0.1, 0.15) is 13.3 Å². The van der Waals surface area contributed by atoms with Gasteiger partial charge in [0.05, 0.1) is 6.61 Å². The van der Waals surface area contributed by atoms with Gasteiger partial charge < -0.3 is 10.1 Å². The number of nitrogens with one attached hydrogen (secondary N) is 1. The van der Waals surface area contributed by atoms with Gasteiger partial charge in [-0.15, -0.1) is 0 Å². The number of rotatable bonds is 2. The minimum absolute atomic E-state index is 0.256. The highest BCUT2D eigenvalue weighted by molar-refractivity contribution is 6.00. The van der Waals surface area contributed by atoms with Gasteiger partial charge in [-0.25, -0.2) is 4.79 Å². The second-order valence-corrected chi connectivity index (χ2v) is 2.59. The summed E-state index contributed by atoms with van der Waals surface area (Å²) in [7, 11) is 0. The van der Waals surface area contributed by atoms with E-state index >= 15 is 0 Å². The van der Waals surface area contributed by atoms with E-state index in [4.69, 9.17) is 4.74 Å². The first-order valence-electron chi connectivity index (χ1n) is 3.80. The highest BCUT2D eigenvalue weighted by atomic mass is 16.5. The summed E-state index contributed by atoms with van der Waals surface area (Å²) in [6, 6.07) is -0.523. The van der Waals surface area contributed by atoms with Gasteiger partial charge in [-0.05, 0) is 6.92 Å². The SMILES string of the molecule is C=C1C[C@H](C(=O)OCC)NC1=O. The Morgan fingerprint density at radius 2 is 2.50 bits per heavy atom. The lowest BCUT2D eigenvalue weighted by Gasteiger charge is -2.06. The van der Waals surface area contributed by atoms with E-state index in [0.717, 1.165) is 0 Å². The molecule has 0 radical (unpaired) electrons. The second-order valence-electron chi connectivity index (χ2n) is 2.59. The van der Waals surface area contributed by atoms with Gasteiger partial charge in [0.2, 0.25) is 5.91 Å². The molecule has 0 saturated carbocycles. The molecule has 1 aliphatic rings. The van der Waals surface area contributed by atoms with Gasteiger partial charge in [0.15, 0.2) is 0 Å².